The van der Waals surface area contributed by atoms with E-state index in [1.54, 1.807) is 48.8 Å². The summed E-state index contributed by atoms with van der Waals surface area (Å²) in [7, 11) is 0. The summed E-state index contributed by atoms with van der Waals surface area (Å²) in [5, 5.41) is 1.15. The lowest BCUT2D eigenvalue weighted by Gasteiger charge is -2.23. The third kappa shape index (κ3) is 3.49. The number of anilines is 1. The molecule has 1 heterocycles. The van der Waals surface area contributed by atoms with Gasteiger partial charge in [-0.3, -0.25) is 4.98 Å². The van der Waals surface area contributed by atoms with Crippen LogP contribution in [-0.4, -0.2) is 11.6 Å². The van der Waals surface area contributed by atoms with Crippen molar-refractivity contribution in [1.29, 1.82) is 0 Å². The standard InChI is InChI=1S/C13H12F2N2O/c14-13(15)18-17(12-6-2-1-3-7-12)10-11-5-4-8-16-9-11/h1-9,13H,10H2. The first-order valence-electron chi connectivity index (χ1n) is 5.42. The lowest BCUT2D eigenvalue weighted by Crippen LogP contribution is -2.25. The summed E-state index contributed by atoms with van der Waals surface area (Å²) in [6.07, 6.45) is 3.25. The number of para-hydroxylation sites is 1. The van der Waals surface area contributed by atoms with Gasteiger partial charge in [0.05, 0.1) is 12.2 Å². The second-order valence-electron chi connectivity index (χ2n) is 3.60. The quantitative estimate of drug-likeness (QED) is 0.762. The van der Waals surface area contributed by atoms with Gasteiger partial charge < -0.3 is 0 Å². The molecule has 2 rings (SSSR count). The molecule has 0 aliphatic carbocycles. The Morgan fingerprint density at radius 2 is 1.89 bits per heavy atom. The Kier molecular flexibility index (Phi) is 4.20. The average Bonchev–Trinajstić information content (AvgIpc) is 2.40. The van der Waals surface area contributed by atoms with Crippen molar-refractivity contribution in [3.63, 3.8) is 0 Å². The molecule has 0 unspecified atom stereocenters. The first kappa shape index (κ1) is 12.4. The Labute approximate surface area is 104 Å². The molecule has 1 aromatic heterocycles. The third-order valence-electron chi connectivity index (χ3n) is 2.30. The molecule has 18 heavy (non-hydrogen) atoms. The fourth-order valence-corrected chi connectivity index (χ4v) is 1.54. The van der Waals surface area contributed by atoms with Gasteiger partial charge in [-0.25, -0.2) is 9.90 Å². The summed E-state index contributed by atoms with van der Waals surface area (Å²) in [6.45, 7) is -2.65. The van der Waals surface area contributed by atoms with E-state index in [0.29, 0.717) is 5.69 Å². The van der Waals surface area contributed by atoms with E-state index in [4.69, 9.17) is 0 Å². The average molecular weight is 250 g/mol. The second kappa shape index (κ2) is 6.07. The number of rotatable bonds is 5. The van der Waals surface area contributed by atoms with Crippen molar-refractivity contribution in [2.24, 2.45) is 0 Å². The highest BCUT2D eigenvalue weighted by atomic mass is 19.3. The van der Waals surface area contributed by atoms with Gasteiger partial charge >= 0.3 is 6.61 Å². The highest BCUT2D eigenvalue weighted by Gasteiger charge is 2.13. The number of hydroxylamine groups is 1. The molecule has 0 spiro atoms. The van der Waals surface area contributed by atoms with E-state index in [2.05, 4.69) is 9.82 Å². The minimum atomic E-state index is -2.86. The Morgan fingerprint density at radius 1 is 1.11 bits per heavy atom. The van der Waals surface area contributed by atoms with Crippen LogP contribution in [0.3, 0.4) is 0 Å². The van der Waals surface area contributed by atoms with Crippen molar-refractivity contribution in [1.82, 2.24) is 4.98 Å². The van der Waals surface area contributed by atoms with E-state index in [9.17, 15) is 8.78 Å². The number of alkyl halides is 2. The van der Waals surface area contributed by atoms with Crippen LogP contribution in [0.2, 0.25) is 0 Å². The van der Waals surface area contributed by atoms with Gasteiger partial charge in [-0.05, 0) is 23.8 Å². The van der Waals surface area contributed by atoms with Crippen LogP contribution in [0.15, 0.2) is 54.9 Å². The minimum Gasteiger partial charge on any atom is -0.264 e. The first-order chi connectivity index (χ1) is 8.75. The summed E-state index contributed by atoms with van der Waals surface area (Å²) in [4.78, 5) is 8.45. The van der Waals surface area contributed by atoms with Crippen LogP contribution in [-0.2, 0) is 11.4 Å². The molecule has 0 saturated heterocycles. The normalized spacial score (nSPS) is 10.6. The predicted octanol–water partition coefficient (Wildman–Crippen LogP) is 3.24. The van der Waals surface area contributed by atoms with Crippen molar-refractivity contribution in [3.05, 3.63) is 60.4 Å². The van der Waals surface area contributed by atoms with Crippen LogP contribution in [0.4, 0.5) is 14.5 Å². The lowest BCUT2D eigenvalue weighted by atomic mass is 10.2. The number of benzene rings is 1. The molecule has 0 aliphatic heterocycles. The lowest BCUT2D eigenvalue weighted by molar-refractivity contribution is -0.140. The fourth-order valence-electron chi connectivity index (χ4n) is 1.54. The molecule has 0 saturated carbocycles. The van der Waals surface area contributed by atoms with E-state index < -0.39 is 6.61 Å². The number of aromatic nitrogens is 1. The van der Waals surface area contributed by atoms with Crippen LogP contribution < -0.4 is 5.06 Å². The largest absolute Gasteiger partial charge is 0.364 e. The van der Waals surface area contributed by atoms with Crippen LogP contribution >= 0.6 is 0 Å². The Hall–Kier alpha value is -2.01. The molecule has 0 fully saturated rings. The van der Waals surface area contributed by atoms with Crippen molar-refractivity contribution in [3.8, 4) is 0 Å². The van der Waals surface area contributed by atoms with Crippen LogP contribution in [0.1, 0.15) is 5.56 Å². The van der Waals surface area contributed by atoms with Crippen molar-refractivity contribution in [2.75, 3.05) is 5.06 Å². The Balaban J connectivity index is 2.16. The second-order valence-corrected chi connectivity index (χ2v) is 3.60. The molecule has 0 bridgehead atoms. The van der Waals surface area contributed by atoms with Crippen molar-refractivity contribution in [2.45, 2.75) is 13.2 Å². The number of nitrogens with zero attached hydrogens (tertiary/aromatic N) is 2. The molecule has 94 valence electrons. The maximum atomic E-state index is 12.4. The molecule has 2 aromatic rings. The zero-order valence-corrected chi connectivity index (χ0v) is 9.54. The van der Waals surface area contributed by atoms with Crippen LogP contribution in [0, 0.1) is 0 Å². The van der Waals surface area contributed by atoms with Gasteiger partial charge in [-0.2, -0.15) is 8.78 Å². The molecule has 0 atom stereocenters. The molecule has 0 aliphatic rings. The molecule has 0 amide bonds. The van der Waals surface area contributed by atoms with Gasteiger partial charge in [0.2, 0.25) is 0 Å². The molecule has 0 radical (unpaired) electrons. The number of halogens is 2. The Morgan fingerprint density at radius 3 is 2.50 bits per heavy atom. The Bertz CT molecular complexity index is 465. The number of hydrogen-bond acceptors (Lipinski definition) is 3. The molecule has 0 N–H and O–H groups in total. The third-order valence-corrected chi connectivity index (χ3v) is 2.30. The van der Waals surface area contributed by atoms with Gasteiger partial charge in [0.1, 0.15) is 0 Å². The zero-order chi connectivity index (χ0) is 12.8. The molecule has 5 heteroatoms. The molecular weight excluding hydrogens is 238 g/mol. The van der Waals surface area contributed by atoms with Crippen molar-refractivity contribution >= 4 is 5.69 Å². The fraction of sp³-hybridized carbons (Fsp3) is 0.154. The minimum absolute atomic E-state index is 0.211. The number of pyridine rings is 1. The van der Waals surface area contributed by atoms with Gasteiger partial charge in [0, 0.05) is 12.4 Å². The summed E-state index contributed by atoms with van der Waals surface area (Å²) in [5.41, 5.74) is 1.36. The van der Waals surface area contributed by atoms with E-state index in [-0.39, 0.29) is 6.54 Å². The van der Waals surface area contributed by atoms with Crippen LogP contribution in [0.5, 0.6) is 0 Å². The zero-order valence-electron chi connectivity index (χ0n) is 9.54. The number of hydrogen-bond donors (Lipinski definition) is 0. The smallest absolute Gasteiger partial charge is 0.264 e. The van der Waals surface area contributed by atoms with E-state index in [1.165, 1.54) is 0 Å². The van der Waals surface area contributed by atoms with E-state index in [0.717, 1.165) is 10.6 Å². The maximum absolute atomic E-state index is 12.4. The highest BCUT2D eigenvalue weighted by Crippen LogP contribution is 2.18. The van der Waals surface area contributed by atoms with Crippen molar-refractivity contribution < 1.29 is 13.6 Å². The summed E-state index contributed by atoms with van der Waals surface area (Å²) >= 11 is 0. The van der Waals surface area contributed by atoms with E-state index >= 15 is 0 Å². The first-order valence-corrected chi connectivity index (χ1v) is 5.42. The molecule has 3 nitrogen and oxygen atoms in total. The monoisotopic (exact) mass is 250 g/mol. The highest BCUT2D eigenvalue weighted by molar-refractivity contribution is 5.43. The van der Waals surface area contributed by atoms with Crippen LogP contribution in [0.25, 0.3) is 0 Å². The summed E-state index contributed by atoms with van der Waals surface area (Å²) in [5.74, 6) is 0. The van der Waals surface area contributed by atoms with Gasteiger partial charge in [-0.1, -0.05) is 24.3 Å². The topological polar surface area (TPSA) is 25.4 Å². The summed E-state index contributed by atoms with van der Waals surface area (Å²) < 4.78 is 24.8. The molecule has 1 aromatic carbocycles. The van der Waals surface area contributed by atoms with Gasteiger partial charge in [-0.15, -0.1) is 0 Å². The molecular formula is C13H12F2N2O. The van der Waals surface area contributed by atoms with Gasteiger partial charge in [0.15, 0.2) is 0 Å². The maximum Gasteiger partial charge on any atom is 0.364 e. The SMILES string of the molecule is FC(F)ON(Cc1cccnc1)c1ccccc1. The predicted molar refractivity (Wildman–Crippen MR) is 64.0 cm³/mol. The van der Waals surface area contributed by atoms with Gasteiger partial charge in [0.25, 0.3) is 0 Å². The van der Waals surface area contributed by atoms with E-state index in [1.807, 2.05) is 6.07 Å². The summed E-state index contributed by atoms with van der Waals surface area (Å²) in [6, 6.07) is 12.3.